The average Bonchev–Trinajstić information content (AvgIpc) is 2.53. The van der Waals surface area contributed by atoms with Gasteiger partial charge in [-0.25, -0.2) is 4.39 Å². The maximum Gasteiger partial charge on any atom is 0.261 e. The number of ether oxygens (including phenoxy) is 1. The molecule has 2 aromatic rings. The van der Waals surface area contributed by atoms with Crippen LogP contribution in [-0.2, 0) is 11.3 Å². The second-order valence-corrected chi connectivity index (χ2v) is 5.74. The standard InChI is InChI=1S/C17H16Cl2FNO2/c1-2-15(23-16-6-4-3-5-14(16)20)17(22)21-10-11-7-8-12(18)9-13(11)19/h3-9,15H,2,10H2,1H3,(H,21,22)/t15-/m1/s1. The summed E-state index contributed by atoms with van der Waals surface area (Å²) in [4.78, 5) is 12.2. The maximum absolute atomic E-state index is 13.6. The van der Waals surface area contributed by atoms with Crippen LogP contribution in [0.1, 0.15) is 18.9 Å². The molecule has 0 fully saturated rings. The largest absolute Gasteiger partial charge is 0.478 e. The quantitative estimate of drug-likeness (QED) is 0.821. The predicted molar refractivity (Wildman–Crippen MR) is 89.4 cm³/mol. The molecule has 23 heavy (non-hydrogen) atoms. The van der Waals surface area contributed by atoms with Crippen LogP contribution in [0.4, 0.5) is 4.39 Å². The molecule has 1 N–H and O–H groups in total. The van der Waals surface area contributed by atoms with Crippen molar-refractivity contribution >= 4 is 29.1 Å². The van der Waals surface area contributed by atoms with E-state index in [4.69, 9.17) is 27.9 Å². The minimum atomic E-state index is -0.780. The number of carbonyl (C=O) groups is 1. The summed E-state index contributed by atoms with van der Waals surface area (Å²) in [6, 6.07) is 11.0. The molecule has 0 saturated carbocycles. The molecule has 2 rings (SSSR count). The Labute approximate surface area is 144 Å². The van der Waals surface area contributed by atoms with Gasteiger partial charge in [0.25, 0.3) is 5.91 Å². The molecular formula is C17H16Cl2FNO2. The summed E-state index contributed by atoms with van der Waals surface area (Å²) in [6.07, 6.45) is -0.368. The molecule has 0 aliphatic heterocycles. The van der Waals surface area contributed by atoms with Crippen molar-refractivity contribution in [3.63, 3.8) is 0 Å². The molecule has 2 aromatic carbocycles. The Morgan fingerprint density at radius 3 is 2.65 bits per heavy atom. The normalized spacial score (nSPS) is 11.8. The molecule has 0 aromatic heterocycles. The maximum atomic E-state index is 13.6. The number of para-hydroxylation sites is 1. The molecule has 0 aliphatic rings. The number of rotatable bonds is 6. The van der Waals surface area contributed by atoms with Crippen LogP contribution in [0.15, 0.2) is 42.5 Å². The number of carbonyl (C=O) groups excluding carboxylic acids is 1. The van der Waals surface area contributed by atoms with Gasteiger partial charge in [-0.05, 0) is 36.2 Å². The number of hydrogen-bond acceptors (Lipinski definition) is 2. The van der Waals surface area contributed by atoms with Crippen molar-refractivity contribution in [3.8, 4) is 5.75 Å². The van der Waals surface area contributed by atoms with Gasteiger partial charge in [0.15, 0.2) is 17.7 Å². The Balaban J connectivity index is 1.99. The van der Waals surface area contributed by atoms with E-state index < -0.39 is 11.9 Å². The average molecular weight is 356 g/mol. The van der Waals surface area contributed by atoms with E-state index >= 15 is 0 Å². The van der Waals surface area contributed by atoms with E-state index in [2.05, 4.69) is 5.32 Å². The van der Waals surface area contributed by atoms with Gasteiger partial charge in [-0.15, -0.1) is 0 Å². The van der Waals surface area contributed by atoms with Crippen LogP contribution in [0, 0.1) is 5.82 Å². The van der Waals surface area contributed by atoms with Gasteiger partial charge in [-0.3, -0.25) is 4.79 Å². The van der Waals surface area contributed by atoms with Crippen LogP contribution in [0.2, 0.25) is 10.0 Å². The molecule has 3 nitrogen and oxygen atoms in total. The molecular weight excluding hydrogens is 340 g/mol. The van der Waals surface area contributed by atoms with Gasteiger partial charge in [0.1, 0.15) is 0 Å². The van der Waals surface area contributed by atoms with Crippen LogP contribution in [0.5, 0.6) is 5.75 Å². The molecule has 0 heterocycles. The molecule has 0 unspecified atom stereocenters. The molecule has 1 amide bonds. The first-order chi connectivity index (χ1) is 11.0. The predicted octanol–water partition coefficient (Wildman–Crippen LogP) is 4.61. The number of hydrogen-bond donors (Lipinski definition) is 1. The van der Waals surface area contributed by atoms with Crippen molar-refractivity contribution in [1.29, 1.82) is 0 Å². The highest BCUT2D eigenvalue weighted by atomic mass is 35.5. The second kappa shape index (κ2) is 8.18. The number of halogens is 3. The minimum Gasteiger partial charge on any atom is -0.478 e. The smallest absolute Gasteiger partial charge is 0.261 e. The van der Waals surface area contributed by atoms with Crippen molar-refractivity contribution in [3.05, 3.63) is 63.9 Å². The topological polar surface area (TPSA) is 38.3 Å². The number of nitrogens with one attached hydrogen (secondary N) is 1. The zero-order valence-corrected chi connectivity index (χ0v) is 14.0. The minimum absolute atomic E-state index is 0.0547. The van der Waals surface area contributed by atoms with Crippen LogP contribution in [-0.4, -0.2) is 12.0 Å². The van der Waals surface area contributed by atoms with E-state index in [-0.39, 0.29) is 18.2 Å². The van der Waals surface area contributed by atoms with Gasteiger partial charge in [0.05, 0.1) is 0 Å². The van der Waals surface area contributed by atoms with E-state index in [9.17, 15) is 9.18 Å². The van der Waals surface area contributed by atoms with Crippen molar-refractivity contribution in [1.82, 2.24) is 5.32 Å². The summed E-state index contributed by atoms with van der Waals surface area (Å²) in [7, 11) is 0. The van der Waals surface area contributed by atoms with Gasteiger partial charge < -0.3 is 10.1 Å². The van der Waals surface area contributed by atoms with Crippen molar-refractivity contribution in [2.75, 3.05) is 0 Å². The first-order valence-corrected chi connectivity index (χ1v) is 7.89. The van der Waals surface area contributed by atoms with E-state index in [1.807, 2.05) is 0 Å². The molecule has 0 radical (unpaired) electrons. The van der Waals surface area contributed by atoms with Crippen LogP contribution >= 0.6 is 23.2 Å². The molecule has 122 valence electrons. The lowest BCUT2D eigenvalue weighted by molar-refractivity contribution is -0.128. The fraction of sp³-hybridized carbons (Fsp3) is 0.235. The lowest BCUT2D eigenvalue weighted by Crippen LogP contribution is -2.37. The summed E-state index contributed by atoms with van der Waals surface area (Å²) >= 11 is 11.9. The van der Waals surface area contributed by atoms with Crippen molar-refractivity contribution in [2.24, 2.45) is 0 Å². The van der Waals surface area contributed by atoms with Gasteiger partial charge in [-0.1, -0.05) is 48.3 Å². The molecule has 6 heteroatoms. The van der Waals surface area contributed by atoms with E-state index in [0.717, 1.165) is 5.56 Å². The lowest BCUT2D eigenvalue weighted by atomic mass is 10.2. The second-order valence-electron chi connectivity index (χ2n) is 4.90. The molecule has 1 atom stereocenters. The fourth-order valence-corrected chi connectivity index (χ4v) is 2.45. The van der Waals surface area contributed by atoms with Crippen molar-refractivity contribution < 1.29 is 13.9 Å². The summed E-state index contributed by atoms with van der Waals surface area (Å²) in [5.74, 6) is -0.778. The SMILES string of the molecule is CC[C@@H](Oc1ccccc1F)C(=O)NCc1ccc(Cl)cc1Cl. The highest BCUT2D eigenvalue weighted by Gasteiger charge is 2.19. The summed E-state index contributed by atoms with van der Waals surface area (Å²) in [5.41, 5.74) is 0.741. The zero-order valence-electron chi connectivity index (χ0n) is 12.5. The van der Waals surface area contributed by atoms with Gasteiger partial charge in [-0.2, -0.15) is 0 Å². The first-order valence-electron chi connectivity index (χ1n) is 7.14. The van der Waals surface area contributed by atoms with Crippen molar-refractivity contribution in [2.45, 2.75) is 26.0 Å². The molecule has 0 saturated heterocycles. The van der Waals surface area contributed by atoms with Crippen LogP contribution in [0.25, 0.3) is 0 Å². The highest BCUT2D eigenvalue weighted by molar-refractivity contribution is 6.35. The summed E-state index contributed by atoms with van der Waals surface area (Å²) in [5, 5.41) is 3.74. The van der Waals surface area contributed by atoms with Crippen LogP contribution < -0.4 is 10.1 Å². The van der Waals surface area contributed by atoms with Gasteiger partial charge >= 0.3 is 0 Å². The van der Waals surface area contributed by atoms with Gasteiger partial charge in [0, 0.05) is 16.6 Å². The third-order valence-corrected chi connectivity index (χ3v) is 3.82. The Bertz CT molecular complexity index is 694. The molecule has 0 bridgehead atoms. The lowest BCUT2D eigenvalue weighted by Gasteiger charge is -2.18. The third-order valence-electron chi connectivity index (χ3n) is 3.24. The van der Waals surface area contributed by atoms with Crippen LogP contribution in [0.3, 0.4) is 0 Å². The zero-order chi connectivity index (χ0) is 16.8. The summed E-state index contributed by atoms with van der Waals surface area (Å²) in [6.45, 7) is 2.03. The summed E-state index contributed by atoms with van der Waals surface area (Å²) < 4.78 is 19.1. The third kappa shape index (κ3) is 4.85. The van der Waals surface area contributed by atoms with E-state index in [1.54, 1.807) is 37.3 Å². The fourth-order valence-electron chi connectivity index (χ4n) is 1.98. The molecule has 0 aliphatic carbocycles. The van der Waals surface area contributed by atoms with Gasteiger partial charge in [0.2, 0.25) is 0 Å². The monoisotopic (exact) mass is 355 g/mol. The number of benzene rings is 2. The Hall–Kier alpha value is -1.78. The molecule has 0 spiro atoms. The number of amides is 1. The Kier molecular flexibility index (Phi) is 6.25. The Morgan fingerprint density at radius 1 is 1.26 bits per heavy atom. The van der Waals surface area contributed by atoms with E-state index in [0.29, 0.717) is 16.5 Å². The Morgan fingerprint density at radius 2 is 2.00 bits per heavy atom. The first kappa shape index (κ1) is 17.6. The van der Waals surface area contributed by atoms with E-state index in [1.165, 1.54) is 12.1 Å². The highest BCUT2D eigenvalue weighted by Crippen LogP contribution is 2.21.